The molecule has 10 heteroatoms. The summed E-state index contributed by atoms with van der Waals surface area (Å²) in [5, 5.41) is 7.34. The van der Waals surface area contributed by atoms with E-state index >= 15 is 0 Å². The van der Waals surface area contributed by atoms with Gasteiger partial charge in [-0.05, 0) is 43.2 Å². The fourth-order valence-electron chi connectivity index (χ4n) is 3.73. The van der Waals surface area contributed by atoms with E-state index in [-0.39, 0.29) is 11.8 Å². The van der Waals surface area contributed by atoms with E-state index in [1.807, 2.05) is 0 Å². The second kappa shape index (κ2) is 10.1. The third kappa shape index (κ3) is 6.65. The van der Waals surface area contributed by atoms with Crippen LogP contribution in [0.15, 0.2) is 48.5 Å². The van der Waals surface area contributed by atoms with Crippen LogP contribution in [-0.4, -0.2) is 22.4 Å². The molecule has 5 nitrogen and oxygen atoms in total. The van der Waals surface area contributed by atoms with Gasteiger partial charge in [0, 0.05) is 23.4 Å². The van der Waals surface area contributed by atoms with Crippen molar-refractivity contribution in [2.75, 3.05) is 10.6 Å². The summed E-state index contributed by atoms with van der Waals surface area (Å²) in [4.78, 5) is 9.12. The Morgan fingerprint density at radius 3 is 2.42 bits per heavy atom. The monoisotopic (exact) mass is 496 g/mol. The molecule has 1 aliphatic carbocycles. The van der Waals surface area contributed by atoms with E-state index in [2.05, 4.69) is 25.3 Å². The van der Waals surface area contributed by atoms with Gasteiger partial charge in [-0.1, -0.05) is 54.6 Å². The van der Waals surface area contributed by atoms with Crippen molar-refractivity contribution in [3.05, 3.63) is 58.6 Å². The number of aromatic nitrogens is 2. The highest BCUT2D eigenvalue weighted by molar-refractivity contribution is 6.42. The van der Waals surface area contributed by atoms with Gasteiger partial charge in [-0.25, -0.2) is 4.98 Å². The van der Waals surface area contributed by atoms with E-state index in [9.17, 15) is 13.2 Å². The molecule has 33 heavy (non-hydrogen) atoms. The molecule has 1 aliphatic rings. The number of benzene rings is 2. The average molecular weight is 497 g/mol. The van der Waals surface area contributed by atoms with Crippen LogP contribution in [0, 0.1) is 0 Å². The molecule has 2 aromatic carbocycles. The minimum absolute atomic E-state index is 0.242. The van der Waals surface area contributed by atoms with Gasteiger partial charge < -0.3 is 15.4 Å². The van der Waals surface area contributed by atoms with Crippen molar-refractivity contribution in [2.24, 2.45) is 0 Å². The van der Waals surface area contributed by atoms with Crippen LogP contribution in [0.3, 0.4) is 0 Å². The number of anilines is 3. The van der Waals surface area contributed by atoms with Crippen molar-refractivity contribution in [3.63, 3.8) is 0 Å². The Hall–Kier alpha value is -2.71. The van der Waals surface area contributed by atoms with Crippen molar-refractivity contribution >= 4 is 40.7 Å². The normalized spacial score (nSPS) is 14.7. The summed E-state index contributed by atoms with van der Waals surface area (Å²) in [6, 6.07) is 12.7. The Balaban J connectivity index is 1.67. The van der Waals surface area contributed by atoms with Gasteiger partial charge in [-0.3, -0.25) is 0 Å². The van der Waals surface area contributed by atoms with Crippen LogP contribution >= 0.6 is 23.2 Å². The van der Waals surface area contributed by atoms with Crippen LogP contribution in [0.2, 0.25) is 10.0 Å². The van der Waals surface area contributed by atoms with Crippen LogP contribution in [0.4, 0.5) is 30.6 Å². The zero-order valence-corrected chi connectivity index (χ0v) is 18.9. The first-order chi connectivity index (χ1) is 15.7. The number of nitrogens with zero attached hydrogens (tertiary/aromatic N) is 2. The number of hydrogen-bond acceptors (Lipinski definition) is 5. The smallest absolute Gasteiger partial charge is 0.406 e. The molecule has 0 atom stereocenters. The molecule has 0 bridgehead atoms. The molecule has 1 heterocycles. The zero-order chi connectivity index (χ0) is 23.4. The lowest BCUT2D eigenvalue weighted by molar-refractivity contribution is -0.274. The standard InChI is InChI=1S/C23H21Cl2F3N4O/c24-18-10-9-16(12-19(18)25)29-21-13-20(14-5-4-8-17(11-14)33-23(26,27)28)31-22(32-21)30-15-6-2-1-3-7-15/h4-5,8-13,15H,1-3,6-7H2,(H2,29,30,31,32). The molecule has 174 valence electrons. The highest BCUT2D eigenvalue weighted by atomic mass is 35.5. The number of nitrogens with one attached hydrogen (secondary N) is 2. The van der Waals surface area contributed by atoms with Crippen LogP contribution < -0.4 is 15.4 Å². The fraction of sp³-hybridized carbons (Fsp3) is 0.304. The Kier molecular flexibility index (Phi) is 7.14. The zero-order valence-electron chi connectivity index (χ0n) is 17.4. The van der Waals surface area contributed by atoms with E-state index in [0.29, 0.717) is 38.8 Å². The second-order valence-electron chi connectivity index (χ2n) is 7.77. The quantitative estimate of drug-likeness (QED) is 0.363. The minimum atomic E-state index is -4.78. The third-order valence-corrected chi connectivity index (χ3v) is 5.96. The first-order valence-corrected chi connectivity index (χ1v) is 11.2. The molecule has 0 radical (unpaired) electrons. The van der Waals surface area contributed by atoms with E-state index in [0.717, 1.165) is 25.7 Å². The van der Waals surface area contributed by atoms with Gasteiger partial charge in [-0.2, -0.15) is 4.98 Å². The number of rotatable bonds is 6. The van der Waals surface area contributed by atoms with Gasteiger partial charge in [0.05, 0.1) is 15.7 Å². The molecule has 0 spiro atoms. The first-order valence-electron chi connectivity index (χ1n) is 10.5. The highest BCUT2D eigenvalue weighted by Crippen LogP contribution is 2.31. The van der Waals surface area contributed by atoms with Crippen LogP contribution in [-0.2, 0) is 0 Å². The van der Waals surface area contributed by atoms with Crippen molar-refractivity contribution in [1.82, 2.24) is 9.97 Å². The summed E-state index contributed by atoms with van der Waals surface area (Å²) in [6.45, 7) is 0. The van der Waals surface area contributed by atoms with Crippen molar-refractivity contribution < 1.29 is 17.9 Å². The number of alkyl halides is 3. The maximum atomic E-state index is 12.7. The lowest BCUT2D eigenvalue weighted by atomic mass is 9.96. The number of halogens is 5. The molecular weight excluding hydrogens is 476 g/mol. The lowest BCUT2D eigenvalue weighted by Gasteiger charge is -2.23. The van der Waals surface area contributed by atoms with Crippen LogP contribution in [0.25, 0.3) is 11.3 Å². The maximum Gasteiger partial charge on any atom is 0.573 e. The summed E-state index contributed by atoms with van der Waals surface area (Å²) in [5.74, 6) is 0.530. The van der Waals surface area contributed by atoms with E-state index in [4.69, 9.17) is 23.2 Å². The molecule has 1 fully saturated rings. The first kappa shape index (κ1) is 23.4. The number of ether oxygens (including phenoxy) is 1. The van der Waals surface area contributed by atoms with Crippen LogP contribution in [0.5, 0.6) is 5.75 Å². The number of hydrogen-bond donors (Lipinski definition) is 2. The minimum Gasteiger partial charge on any atom is -0.406 e. The average Bonchev–Trinajstić information content (AvgIpc) is 2.76. The maximum absolute atomic E-state index is 12.7. The van der Waals surface area contributed by atoms with Crippen molar-refractivity contribution in [1.29, 1.82) is 0 Å². The highest BCUT2D eigenvalue weighted by Gasteiger charge is 2.31. The molecule has 0 unspecified atom stereocenters. The molecule has 4 rings (SSSR count). The van der Waals surface area contributed by atoms with Gasteiger partial charge in [0.15, 0.2) is 0 Å². The Morgan fingerprint density at radius 1 is 0.909 bits per heavy atom. The topological polar surface area (TPSA) is 59.1 Å². The second-order valence-corrected chi connectivity index (χ2v) is 8.59. The fourth-order valence-corrected chi connectivity index (χ4v) is 4.03. The molecular formula is C23H21Cl2F3N4O. The van der Waals surface area contributed by atoms with E-state index in [1.54, 1.807) is 30.3 Å². The SMILES string of the molecule is FC(F)(F)Oc1cccc(-c2cc(Nc3ccc(Cl)c(Cl)c3)nc(NC3CCCCC3)n2)c1. The van der Waals surface area contributed by atoms with Crippen LogP contribution in [0.1, 0.15) is 32.1 Å². The Labute approximate surface area is 199 Å². The predicted molar refractivity (Wildman–Crippen MR) is 124 cm³/mol. The molecule has 0 aliphatic heterocycles. The molecule has 2 N–H and O–H groups in total. The third-order valence-electron chi connectivity index (χ3n) is 5.22. The molecule has 0 amide bonds. The molecule has 1 aromatic heterocycles. The molecule has 3 aromatic rings. The summed E-state index contributed by atoms with van der Waals surface area (Å²) < 4.78 is 42.1. The lowest BCUT2D eigenvalue weighted by Crippen LogP contribution is -2.23. The molecule has 0 saturated heterocycles. The van der Waals surface area contributed by atoms with E-state index < -0.39 is 6.36 Å². The summed E-state index contributed by atoms with van der Waals surface area (Å²) in [7, 11) is 0. The van der Waals surface area contributed by atoms with Gasteiger partial charge in [0.1, 0.15) is 11.6 Å². The predicted octanol–water partition coefficient (Wildman–Crippen LogP) is 7.84. The van der Waals surface area contributed by atoms with Gasteiger partial charge >= 0.3 is 6.36 Å². The van der Waals surface area contributed by atoms with Crippen molar-refractivity contribution in [3.8, 4) is 17.0 Å². The van der Waals surface area contributed by atoms with E-state index in [1.165, 1.54) is 24.6 Å². The molecule has 1 saturated carbocycles. The summed E-state index contributed by atoms with van der Waals surface area (Å²) >= 11 is 12.1. The van der Waals surface area contributed by atoms with Gasteiger partial charge in [0.2, 0.25) is 5.95 Å². The van der Waals surface area contributed by atoms with Gasteiger partial charge in [-0.15, -0.1) is 13.2 Å². The summed E-state index contributed by atoms with van der Waals surface area (Å²) in [5.41, 5.74) is 1.56. The Morgan fingerprint density at radius 2 is 1.70 bits per heavy atom. The van der Waals surface area contributed by atoms with Gasteiger partial charge in [0.25, 0.3) is 0 Å². The van der Waals surface area contributed by atoms with Crippen molar-refractivity contribution in [2.45, 2.75) is 44.5 Å². The largest absolute Gasteiger partial charge is 0.573 e. The Bertz CT molecular complexity index is 1120. The summed E-state index contributed by atoms with van der Waals surface area (Å²) in [6.07, 6.45) is 0.703.